The molecule has 0 spiro atoms. The first-order valence-electron chi connectivity index (χ1n) is 8.10. The molecule has 1 N–H and O–H groups in total. The number of nitrogens with zero attached hydrogens (tertiary/aromatic N) is 3. The van der Waals surface area contributed by atoms with E-state index in [4.69, 9.17) is 0 Å². The lowest BCUT2D eigenvalue weighted by Crippen LogP contribution is -2.45. The Morgan fingerprint density at radius 2 is 2.05 bits per heavy atom. The third-order valence-corrected chi connectivity index (χ3v) is 4.48. The lowest BCUT2D eigenvalue weighted by Gasteiger charge is -2.32. The summed E-state index contributed by atoms with van der Waals surface area (Å²) in [5.74, 6) is 0.0684. The second-order valence-corrected chi connectivity index (χ2v) is 6.62. The molecular weight excluding hydrogens is 276 g/mol. The van der Waals surface area contributed by atoms with Crippen molar-refractivity contribution in [2.45, 2.75) is 25.7 Å². The van der Waals surface area contributed by atoms with E-state index in [1.807, 2.05) is 26.0 Å². The van der Waals surface area contributed by atoms with Crippen molar-refractivity contribution in [2.75, 3.05) is 46.3 Å². The fraction of sp³-hybridized carbons (Fsp3) is 0.647. The van der Waals surface area contributed by atoms with Gasteiger partial charge in [0, 0.05) is 45.1 Å². The van der Waals surface area contributed by atoms with Crippen molar-refractivity contribution in [3.63, 3.8) is 0 Å². The molecule has 5 nitrogen and oxygen atoms in total. The van der Waals surface area contributed by atoms with Crippen molar-refractivity contribution in [1.82, 2.24) is 20.1 Å². The number of pyridine rings is 1. The third kappa shape index (κ3) is 4.52. The van der Waals surface area contributed by atoms with E-state index in [1.165, 1.54) is 0 Å². The second kappa shape index (κ2) is 7.70. The highest BCUT2D eigenvalue weighted by molar-refractivity contribution is 5.87. The summed E-state index contributed by atoms with van der Waals surface area (Å²) in [7, 11) is 2.16. The molecule has 1 amide bonds. The Kier molecular flexibility index (Phi) is 5.91. The molecule has 22 heavy (non-hydrogen) atoms. The van der Waals surface area contributed by atoms with Crippen LogP contribution in [0.25, 0.3) is 0 Å². The standard InChI is InChI=1S/C17H28N4O/c1-17(2,15-6-4-7-18-14-15)16(22)19-8-5-9-21-12-10-20(3)11-13-21/h4,6-7,14H,5,8-13H2,1-3H3,(H,19,22). The fourth-order valence-corrected chi connectivity index (χ4v) is 2.66. The van der Waals surface area contributed by atoms with Gasteiger partial charge in [0.15, 0.2) is 0 Å². The zero-order valence-corrected chi connectivity index (χ0v) is 14.0. The molecule has 0 radical (unpaired) electrons. The van der Waals surface area contributed by atoms with Gasteiger partial charge in [0.05, 0.1) is 5.41 Å². The molecule has 0 saturated carbocycles. The molecule has 0 atom stereocenters. The number of carbonyl (C=O) groups is 1. The zero-order chi connectivity index (χ0) is 16.0. The first kappa shape index (κ1) is 16.9. The van der Waals surface area contributed by atoms with Crippen molar-refractivity contribution in [2.24, 2.45) is 0 Å². The van der Waals surface area contributed by atoms with Gasteiger partial charge < -0.3 is 15.1 Å². The van der Waals surface area contributed by atoms with Crippen molar-refractivity contribution in [3.8, 4) is 0 Å². The van der Waals surface area contributed by atoms with E-state index in [0.29, 0.717) is 0 Å². The highest BCUT2D eigenvalue weighted by Gasteiger charge is 2.29. The minimum atomic E-state index is -0.540. The number of likely N-dealkylation sites (N-methyl/N-ethyl adjacent to an activating group) is 1. The van der Waals surface area contributed by atoms with Gasteiger partial charge in [-0.2, -0.15) is 0 Å². The lowest BCUT2D eigenvalue weighted by molar-refractivity contribution is -0.125. The van der Waals surface area contributed by atoms with E-state index in [-0.39, 0.29) is 5.91 Å². The SMILES string of the molecule is CN1CCN(CCCNC(=O)C(C)(C)c2cccnc2)CC1. The van der Waals surface area contributed by atoms with E-state index in [0.717, 1.165) is 51.3 Å². The number of piperazine rings is 1. The second-order valence-electron chi connectivity index (χ2n) is 6.62. The predicted octanol–water partition coefficient (Wildman–Crippen LogP) is 1.11. The smallest absolute Gasteiger partial charge is 0.230 e. The summed E-state index contributed by atoms with van der Waals surface area (Å²) in [6, 6.07) is 3.83. The average molecular weight is 304 g/mol. The maximum absolute atomic E-state index is 12.4. The van der Waals surface area contributed by atoms with Crippen LogP contribution >= 0.6 is 0 Å². The first-order chi connectivity index (χ1) is 10.5. The molecule has 2 rings (SSSR count). The number of aromatic nitrogens is 1. The minimum absolute atomic E-state index is 0.0684. The summed E-state index contributed by atoms with van der Waals surface area (Å²) in [6.07, 6.45) is 4.50. The van der Waals surface area contributed by atoms with Crippen molar-refractivity contribution in [3.05, 3.63) is 30.1 Å². The van der Waals surface area contributed by atoms with Crippen LogP contribution in [0.4, 0.5) is 0 Å². The van der Waals surface area contributed by atoms with E-state index in [9.17, 15) is 4.79 Å². The van der Waals surface area contributed by atoms with Crippen LogP contribution in [-0.2, 0) is 10.2 Å². The Labute approximate surface area is 133 Å². The number of hydrogen-bond acceptors (Lipinski definition) is 4. The summed E-state index contributed by atoms with van der Waals surface area (Å²) >= 11 is 0. The van der Waals surface area contributed by atoms with Gasteiger partial charge in [-0.05, 0) is 45.5 Å². The summed E-state index contributed by atoms with van der Waals surface area (Å²) < 4.78 is 0. The maximum Gasteiger partial charge on any atom is 0.230 e. The molecule has 0 aromatic carbocycles. The molecule has 1 aliphatic heterocycles. The van der Waals surface area contributed by atoms with Gasteiger partial charge in [0.25, 0.3) is 0 Å². The average Bonchev–Trinajstić information content (AvgIpc) is 2.54. The Morgan fingerprint density at radius 1 is 1.32 bits per heavy atom. The van der Waals surface area contributed by atoms with Gasteiger partial charge in [-0.1, -0.05) is 6.07 Å². The van der Waals surface area contributed by atoms with Crippen LogP contribution in [0.3, 0.4) is 0 Å². The molecule has 1 fully saturated rings. The van der Waals surface area contributed by atoms with Crippen molar-refractivity contribution < 1.29 is 4.79 Å². The molecule has 0 bridgehead atoms. The normalized spacial score (nSPS) is 17.4. The van der Waals surface area contributed by atoms with Crippen LogP contribution < -0.4 is 5.32 Å². The topological polar surface area (TPSA) is 48.5 Å². The first-order valence-corrected chi connectivity index (χ1v) is 8.10. The highest BCUT2D eigenvalue weighted by Crippen LogP contribution is 2.22. The molecule has 1 aliphatic rings. The summed E-state index contributed by atoms with van der Waals surface area (Å²) in [6.45, 7) is 10.2. The Balaban J connectivity index is 1.71. The van der Waals surface area contributed by atoms with Gasteiger partial charge in [0.2, 0.25) is 5.91 Å². The highest BCUT2D eigenvalue weighted by atomic mass is 16.2. The summed E-state index contributed by atoms with van der Waals surface area (Å²) in [5, 5.41) is 3.07. The van der Waals surface area contributed by atoms with Gasteiger partial charge in [-0.3, -0.25) is 9.78 Å². The number of rotatable bonds is 6. The fourth-order valence-electron chi connectivity index (χ4n) is 2.66. The van der Waals surface area contributed by atoms with Crippen LogP contribution in [0.15, 0.2) is 24.5 Å². The van der Waals surface area contributed by atoms with Gasteiger partial charge >= 0.3 is 0 Å². The Morgan fingerprint density at radius 3 is 2.68 bits per heavy atom. The van der Waals surface area contributed by atoms with Crippen molar-refractivity contribution >= 4 is 5.91 Å². The Hall–Kier alpha value is -1.46. The van der Waals surface area contributed by atoms with Crippen LogP contribution in [-0.4, -0.2) is 67.0 Å². The number of amides is 1. The molecule has 0 aliphatic carbocycles. The molecule has 1 saturated heterocycles. The maximum atomic E-state index is 12.4. The summed E-state index contributed by atoms with van der Waals surface area (Å²) in [5.41, 5.74) is 0.411. The number of hydrogen-bond donors (Lipinski definition) is 1. The van der Waals surface area contributed by atoms with Crippen LogP contribution in [0.2, 0.25) is 0 Å². The quantitative estimate of drug-likeness (QED) is 0.800. The Bertz CT molecular complexity index is 467. The van der Waals surface area contributed by atoms with Crippen molar-refractivity contribution in [1.29, 1.82) is 0 Å². The van der Waals surface area contributed by atoms with E-state index in [2.05, 4.69) is 27.1 Å². The zero-order valence-electron chi connectivity index (χ0n) is 14.0. The van der Waals surface area contributed by atoms with E-state index < -0.39 is 5.41 Å². The monoisotopic (exact) mass is 304 g/mol. The molecule has 2 heterocycles. The van der Waals surface area contributed by atoms with E-state index in [1.54, 1.807) is 12.4 Å². The molecular formula is C17H28N4O. The number of carbonyl (C=O) groups excluding carboxylic acids is 1. The minimum Gasteiger partial charge on any atom is -0.355 e. The van der Waals surface area contributed by atoms with Crippen LogP contribution in [0.5, 0.6) is 0 Å². The number of nitrogens with one attached hydrogen (secondary N) is 1. The lowest BCUT2D eigenvalue weighted by atomic mass is 9.85. The molecule has 1 aromatic heterocycles. The van der Waals surface area contributed by atoms with E-state index >= 15 is 0 Å². The van der Waals surface area contributed by atoms with Gasteiger partial charge in [-0.25, -0.2) is 0 Å². The predicted molar refractivity (Wildman–Crippen MR) is 88.8 cm³/mol. The largest absolute Gasteiger partial charge is 0.355 e. The molecule has 0 unspecified atom stereocenters. The van der Waals surface area contributed by atoms with Crippen LogP contribution in [0, 0.1) is 0 Å². The third-order valence-electron chi connectivity index (χ3n) is 4.48. The molecule has 1 aromatic rings. The van der Waals surface area contributed by atoms with Gasteiger partial charge in [-0.15, -0.1) is 0 Å². The molecule has 122 valence electrons. The molecule has 5 heteroatoms. The van der Waals surface area contributed by atoms with Crippen LogP contribution in [0.1, 0.15) is 25.8 Å². The van der Waals surface area contributed by atoms with Gasteiger partial charge in [0.1, 0.15) is 0 Å². The summed E-state index contributed by atoms with van der Waals surface area (Å²) in [4.78, 5) is 21.3.